The van der Waals surface area contributed by atoms with E-state index in [0.717, 1.165) is 24.5 Å². The highest BCUT2D eigenvalue weighted by Crippen LogP contribution is 2.38. The van der Waals surface area contributed by atoms with Gasteiger partial charge in [-0.2, -0.15) is 11.8 Å². The number of anilines is 1. The molecule has 0 aromatic carbocycles. The maximum absolute atomic E-state index is 11.7. The monoisotopic (exact) mass is 279 g/mol. The van der Waals surface area contributed by atoms with E-state index in [9.17, 15) is 4.79 Å². The molecule has 19 heavy (non-hydrogen) atoms. The molecule has 1 aromatic heterocycles. The average Bonchev–Trinajstić information content (AvgIpc) is 3.23. The molecule has 0 saturated heterocycles. The molecule has 2 N–H and O–H groups in total. The second-order valence-corrected chi connectivity index (χ2v) is 6.68. The topological polar surface area (TPSA) is 57.8 Å². The number of hydrogen-bond acceptors (Lipinski definition) is 4. The van der Waals surface area contributed by atoms with E-state index in [2.05, 4.69) is 21.5 Å². The summed E-state index contributed by atoms with van der Waals surface area (Å²) in [5.74, 6) is 2.11. The van der Waals surface area contributed by atoms with Crippen LogP contribution in [-0.4, -0.2) is 27.5 Å². The Hall–Kier alpha value is -0.970. The predicted octanol–water partition coefficient (Wildman–Crippen LogP) is 2.73. The lowest BCUT2D eigenvalue weighted by Crippen LogP contribution is -2.35. The van der Waals surface area contributed by atoms with Gasteiger partial charge in [-0.25, -0.2) is 4.98 Å². The van der Waals surface area contributed by atoms with Gasteiger partial charge in [0.05, 0.1) is 0 Å². The molecule has 3 rings (SSSR count). The van der Waals surface area contributed by atoms with E-state index in [-0.39, 0.29) is 5.56 Å². The molecule has 5 heteroatoms. The van der Waals surface area contributed by atoms with Crippen molar-refractivity contribution in [3.8, 4) is 0 Å². The molecule has 2 unspecified atom stereocenters. The fourth-order valence-corrected chi connectivity index (χ4v) is 3.77. The van der Waals surface area contributed by atoms with Crippen LogP contribution in [0.1, 0.15) is 50.3 Å². The normalized spacial score (nSPS) is 27.2. The van der Waals surface area contributed by atoms with Crippen LogP contribution in [0.25, 0.3) is 0 Å². The van der Waals surface area contributed by atoms with Crippen molar-refractivity contribution < 1.29 is 0 Å². The lowest BCUT2D eigenvalue weighted by atomic mass is 9.95. The second kappa shape index (κ2) is 5.57. The van der Waals surface area contributed by atoms with Crippen LogP contribution >= 0.6 is 11.8 Å². The van der Waals surface area contributed by atoms with Gasteiger partial charge in [-0.1, -0.05) is 12.8 Å². The summed E-state index contributed by atoms with van der Waals surface area (Å²) in [7, 11) is 0. The number of thioether (sulfide) groups is 1. The number of H-pyrrole nitrogens is 1. The summed E-state index contributed by atoms with van der Waals surface area (Å²) in [5.41, 5.74) is -0.0316. The van der Waals surface area contributed by atoms with Crippen LogP contribution in [0.3, 0.4) is 0 Å². The second-order valence-electron chi connectivity index (χ2n) is 5.60. The fraction of sp³-hybridized carbons (Fsp3) is 0.714. The van der Waals surface area contributed by atoms with Crippen molar-refractivity contribution >= 4 is 17.6 Å². The number of aromatic amines is 1. The number of rotatable bonds is 4. The first-order chi connectivity index (χ1) is 9.26. The van der Waals surface area contributed by atoms with Crippen molar-refractivity contribution in [2.75, 3.05) is 11.6 Å². The zero-order valence-corrected chi connectivity index (χ0v) is 12.1. The van der Waals surface area contributed by atoms with Crippen LogP contribution in [-0.2, 0) is 0 Å². The Balaban J connectivity index is 1.76. The van der Waals surface area contributed by atoms with Crippen molar-refractivity contribution in [3.63, 3.8) is 0 Å². The van der Waals surface area contributed by atoms with Gasteiger partial charge in [0, 0.05) is 23.3 Å². The molecule has 0 bridgehead atoms. The van der Waals surface area contributed by atoms with Gasteiger partial charge in [-0.05, 0) is 31.9 Å². The summed E-state index contributed by atoms with van der Waals surface area (Å²) in [6.45, 7) is 0. The molecule has 1 heterocycles. The first-order valence-electron chi connectivity index (χ1n) is 7.17. The predicted molar refractivity (Wildman–Crippen MR) is 80.0 cm³/mol. The number of nitrogens with zero attached hydrogens (tertiary/aromatic N) is 1. The van der Waals surface area contributed by atoms with E-state index in [1.165, 1.54) is 25.7 Å². The molecule has 0 spiro atoms. The summed E-state index contributed by atoms with van der Waals surface area (Å²) >= 11 is 1.92. The third-order valence-corrected chi connectivity index (χ3v) is 5.23. The lowest BCUT2D eigenvalue weighted by molar-refractivity contribution is 0.474. The molecule has 2 aliphatic carbocycles. The van der Waals surface area contributed by atoms with Crippen molar-refractivity contribution in [2.24, 2.45) is 0 Å². The van der Waals surface area contributed by atoms with Crippen molar-refractivity contribution in [1.29, 1.82) is 0 Å². The smallest absolute Gasteiger partial charge is 0.252 e. The number of aromatic nitrogens is 2. The highest BCUT2D eigenvalue weighted by molar-refractivity contribution is 7.99. The van der Waals surface area contributed by atoms with Gasteiger partial charge >= 0.3 is 0 Å². The molecular weight excluding hydrogens is 258 g/mol. The Kier molecular flexibility index (Phi) is 3.82. The van der Waals surface area contributed by atoms with Crippen molar-refractivity contribution in [3.05, 3.63) is 22.2 Å². The molecule has 2 aliphatic rings. The van der Waals surface area contributed by atoms with Gasteiger partial charge in [0.2, 0.25) is 0 Å². The van der Waals surface area contributed by atoms with Gasteiger partial charge in [-0.3, -0.25) is 4.79 Å². The molecule has 0 radical (unpaired) electrons. The third kappa shape index (κ3) is 3.14. The van der Waals surface area contributed by atoms with E-state index >= 15 is 0 Å². The van der Waals surface area contributed by atoms with E-state index in [4.69, 9.17) is 0 Å². The summed E-state index contributed by atoms with van der Waals surface area (Å²) in [6, 6.07) is 2.04. The molecule has 0 amide bonds. The van der Waals surface area contributed by atoms with Crippen molar-refractivity contribution in [2.45, 2.75) is 55.7 Å². The Morgan fingerprint density at radius 1 is 1.32 bits per heavy atom. The lowest BCUT2D eigenvalue weighted by Gasteiger charge is -2.31. The van der Waals surface area contributed by atoms with Crippen LogP contribution in [0.4, 0.5) is 5.82 Å². The standard InChI is InChI=1S/C14H21N3OS/c1-19-11-5-3-2-4-10(11)15-12-8-13(18)17-14(16-12)9-6-7-9/h8-11H,2-7H2,1H3,(H2,15,16,17,18). The summed E-state index contributed by atoms with van der Waals surface area (Å²) < 4.78 is 0. The van der Waals surface area contributed by atoms with Crippen LogP contribution in [0.2, 0.25) is 0 Å². The molecule has 2 atom stereocenters. The summed E-state index contributed by atoms with van der Waals surface area (Å²) in [6.07, 6.45) is 9.52. The van der Waals surface area contributed by atoms with Gasteiger partial charge in [0.15, 0.2) is 0 Å². The number of hydrogen-bond donors (Lipinski definition) is 2. The highest BCUT2D eigenvalue weighted by atomic mass is 32.2. The molecule has 104 valence electrons. The highest BCUT2D eigenvalue weighted by Gasteiger charge is 2.28. The maximum atomic E-state index is 11.7. The van der Waals surface area contributed by atoms with Crippen LogP contribution in [0.15, 0.2) is 10.9 Å². The van der Waals surface area contributed by atoms with E-state index in [1.807, 2.05) is 11.8 Å². The van der Waals surface area contributed by atoms with Crippen LogP contribution in [0.5, 0.6) is 0 Å². The van der Waals surface area contributed by atoms with Crippen LogP contribution in [0, 0.1) is 0 Å². The Morgan fingerprint density at radius 2 is 2.11 bits per heavy atom. The molecule has 1 aromatic rings. The van der Waals surface area contributed by atoms with Crippen LogP contribution < -0.4 is 10.9 Å². The summed E-state index contributed by atoms with van der Waals surface area (Å²) in [5, 5.41) is 4.13. The number of nitrogens with one attached hydrogen (secondary N) is 2. The molecule has 2 fully saturated rings. The zero-order chi connectivity index (χ0) is 13.2. The van der Waals surface area contributed by atoms with E-state index < -0.39 is 0 Å². The molecule has 2 saturated carbocycles. The van der Waals surface area contributed by atoms with Gasteiger partial charge in [0.25, 0.3) is 5.56 Å². The molecule has 4 nitrogen and oxygen atoms in total. The molecular formula is C14H21N3OS. The summed E-state index contributed by atoms with van der Waals surface area (Å²) in [4.78, 5) is 19.1. The first-order valence-corrected chi connectivity index (χ1v) is 8.45. The fourth-order valence-electron chi connectivity index (χ4n) is 2.83. The Labute approximate surface area is 117 Å². The maximum Gasteiger partial charge on any atom is 0.252 e. The van der Waals surface area contributed by atoms with E-state index in [0.29, 0.717) is 17.2 Å². The van der Waals surface area contributed by atoms with Gasteiger partial charge in [0.1, 0.15) is 11.6 Å². The van der Waals surface area contributed by atoms with E-state index in [1.54, 1.807) is 6.07 Å². The minimum atomic E-state index is -0.0316. The third-order valence-electron chi connectivity index (χ3n) is 4.06. The SMILES string of the molecule is CSC1CCCCC1Nc1cc(=O)[nH]c(C2CC2)n1. The zero-order valence-electron chi connectivity index (χ0n) is 11.3. The minimum absolute atomic E-state index is 0.0316. The minimum Gasteiger partial charge on any atom is -0.366 e. The average molecular weight is 279 g/mol. The quantitative estimate of drug-likeness (QED) is 0.890. The van der Waals surface area contributed by atoms with Crippen molar-refractivity contribution in [1.82, 2.24) is 9.97 Å². The Bertz CT molecular complexity index is 498. The van der Waals surface area contributed by atoms with Gasteiger partial charge < -0.3 is 10.3 Å². The molecule has 0 aliphatic heterocycles. The largest absolute Gasteiger partial charge is 0.366 e. The first kappa shape index (κ1) is 13.0. The van der Waals surface area contributed by atoms with Gasteiger partial charge in [-0.15, -0.1) is 0 Å². The Morgan fingerprint density at radius 3 is 2.84 bits per heavy atom.